The molecule has 0 radical (unpaired) electrons. The average molecular weight is 312 g/mol. The van der Waals surface area contributed by atoms with Crippen LogP contribution in [0.4, 0.5) is 0 Å². The minimum atomic E-state index is -0.177. The Morgan fingerprint density at radius 3 is 3.18 bits per heavy atom. The molecule has 0 spiro atoms. The van der Waals surface area contributed by atoms with Crippen LogP contribution in [0.25, 0.3) is 10.2 Å². The molecule has 110 valence electrons. The first-order valence-electron chi connectivity index (χ1n) is 6.94. The van der Waals surface area contributed by atoms with E-state index in [2.05, 4.69) is 4.98 Å². The number of fused-ring (bicyclic) bond motifs is 2. The van der Waals surface area contributed by atoms with Gasteiger partial charge in [-0.3, -0.25) is 14.2 Å². The standard InChI is InChI=1S/C16H12N2O3S/c19-13(10-1-2-14-11(7-10)3-5-21-14)8-18-9-17-15-12(16(18)20)4-6-22-15/h1-2,4,6-7,9H,3,5,8H2. The van der Waals surface area contributed by atoms with Gasteiger partial charge in [-0.05, 0) is 35.2 Å². The largest absolute Gasteiger partial charge is 0.493 e. The van der Waals surface area contributed by atoms with Crippen molar-refractivity contribution < 1.29 is 9.53 Å². The highest BCUT2D eigenvalue weighted by atomic mass is 32.1. The lowest BCUT2D eigenvalue weighted by Crippen LogP contribution is -2.24. The summed E-state index contributed by atoms with van der Waals surface area (Å²) in [5.74, 6) is 0.739. The summed E-state index contributed by atoms with van der Waals surface area (Å²) in [6.07, 6.45) is 2.26. The molecule has 6 heteroatoms. The number of hydrogen-bond donors (Lipinski definition) is 0. The minimum Gasteiger partial charge on any atom is -0.493 e. The van der Waals surface area contributed by atoms with Crippen molar-refractivity contribution in [3.05, 3.63) is 57.5 Å². The van der Waals surface area contributed by atoms with Gasteiger partial charge in [-0.1, -0.05) is 0 Å². The van der Waals surface area contributed by atoms with E-state index in [1.807, 2.05) is 17.5 Å². The van der Waals surface area contributed by atoms with E-state index in [9.17, 15) is 9.59 Å². The Labute approximate surface area is 129 Å². The Morgan fingerprint density at radius 1 is 1.36 bits per heavy atom. The van der Waals surface area contributed by atoms with Gasteiger partial charge in [0.15, 0.2) is 5.78 Å². The molecule has 3 heterocycles. The Kier molecular flexibility index (Phi) is 3.04. The molecule has 0 unspecified atom stereocenters. The van der Waals surface area contributed by atoms with Crippen molar-refractivity contribution in [3.63, 3.8) is 0 Å². The molecule has 5 nitrogen and oxygen atoms in total. The third-order valence-corrected chi connectivity index (χ3v) is 4.60. The van der Waals surface area contributed by atoms with Gasteiger partial charge in [-0.2, -0.15) is 0 Å². The number of ether oxygens (including phenoxy) is 1. The first-order valence-corrected chi connectivity index (χ1v) is 7.82. The van der Waals surface area contributed by atoms with Crippen LogP contribution >= 0.6 is 11.3 Å². The van der Waals surface area contributed by atoms with Gasteiger partial charge in [0.2, 0.25) is 0 Å². The monoisotopic (exact) mass is 312 g/mol. The van der Waals surface area contributed by atoms with Crippen LogP contribution in [0.1, 0.15) is 15.9 Å². The van der Waals surface area contributed by atoms with Gasteiger partial charge < -0.3 is 4.74 Å². The van der Waals surface area contributed by atoms with Crippen molar-refractivity contribution in [1.29, 1.82) is 0 Å². The number of hydrogen-bond acceptors (Lipinski definition) is 5. The predicted molar refractivity (Wildman–Crippen MR) is 83.9 cm³/mol. The molecule has 0 bridgehead atoms. The van der Waals surface area contributed by atoms with Crippen molar-refractivity contribution >= 4 is 27.3 Å². The molecule has 0 saturated carbocycles. The fraction of sp³-hybridized carbons (Fsp3) is 0.188. The Balaban J connectivity index is 1.66. The molecule has 3 aromatic rings. The Bertz CT molecular complexity index is 942. The lowest BCUT2D eigenvalue weighted by molar-refractivity contribution is 0.0970. The first-order chi connectivity index (χ1) is 10.7. The van der Waals surface area contributed by atoms with E-state index >= 15 is 0 Å². The molecule has 0 N–H and O–H groups in total. The highest BCUT2D eigenvalue weighted by Crippen LogP contribution is 2.26. The van der Waals surface area contributed by atoms with Gasteiger partial charge >= 0.3 is 0 Å². The molecular formula is C16H12N2O3S. The van der Waals surface area contributed by atoms with Crippen molar-refractivity contribution in [3.8, 4) is 5.75 Å². The zero-order chi connectivity index (χ0) is 15.1. The molecule has 1 aromatic carbocycles. The molecule has 0 aliphatic carbocycles. The molecule has 1 aliphatic rings. The number of Topliss-reactive ketones (excluding diaryl/α,β-unsaturated/α-hetero) is 1. The molecule has 4 rings (SSSR count). The summed E-state index contributed by atoms with van der Waals surface area (Å²) in [6.45, 7) is 0.655. The number of carbonyl (C=O) groups is 1. The Morgan fingerprint density at radius 2 is 2.27 bits per heavy atom. The van der Waals surface area contributed by atoms with E-state index in [-0.39, 0.29) is 17.9 Å². The number of aromatic nitrogens is 2. The third kappa shape index (κ3) is 2.12. The van der Waals surface area contributed by atoms with Crippen molar-refractivity contribution in [2.75, 3.05) is 6.61 Å². The Hall–Kier alpha value is -2.47. The van der Waals surface area contributed by atoms with Crippen LogP contribution in [0.2, 0.25) is 0 Å². The highest BCUT2D eigenvalue weighted by Gasteiger charge is 2.16. The minimum absolute atomic E-state index is 0.00271. The van der Waals surface area contributed by atoms with E-state index < -0.39 is 0 Å². The summed E-state index contributed by atoms with van der Waals surface area (Å²) in [5, 5.41) is 2.38. The van der Waals surface area contributed by atoms with Crippen LogP contribution in [-0.2, 0) is 13.0 Å². The quantitative estimate of drug-likeness (QED) is 0.696. The van der Waals surface area contributed by atoms with E-state index in [0.29, 0.717) is 22.4 Å². The maximum Gasteiger partial charge on any atom is 0.262 e. The normalized spacial score (nSPS) is 13.1. The van der Waals surface area contributed by atoms with Crippen molar-refractivity contribution in [2.24, 2.45) is 0 Å². The molecule has 0 fully saturated rings. The van der Waals surface area contributed by atoms with Crippen LogP contribution in [0.5, 0.6) is 5.75 Å². The van der Waals surface area contributed by atoms with Crippen LogP contribution < -0.4 is 10.3 Å². The van der Waals surface area contributed by atoms with Crippen LogP contribution in [0.3, 0.4) is 0 Å². The topological polar surface area (TPSA) is 61.2 Å². The molecule has 0 atom stereocenters. The van der Waals surface area contributed by atoms with Gasteiger partial charge in [0.25, 0.3) is 5.56 Å². The summed E-state index contributed by atoms with van der Waals surface area (Å²) in [4.78, 5) is 29.6. The number of benzene rings is 1. The van der Waals surface area contributed by atoms with Crippen molar-refractivity contribution in [1.82, 2.24) is 9.55 Å². The SMILES string of the molecule is O=C(Cn1cnc2sccc2c1=O)c1ccc2c(c1)CCO2. The van der Waals surface area contributed by atoms with Gasteiger partial charge in [-0.15, -0.1) is 11.3 Å². The van der Waals surface area contributed by atoms with Crippen LogP contribution in [0, 0.1) is 0 Å². The highest BCUT2D eigenvalue weighted by molar-refractivity contribution is 7.16. The fourth-order valence-electron chi connectivity index (χ4n) is 2.61. The van der Waals surface area contributed by atoms with E-state index in [0.717, 1.165) is 17.7 Å². The van der Waals surface area contributed by atoms with Gasteiger partial charge in [0.1, 0.15) is 10.6 Å². The summed E-state index contributed by atoms with van der Waals surface area (Å²) in [7, 11) is 0. The van der Waals surface area contributed by atoms with Crippen LogP contribution in [0.15, 0.2) is 40.8 Å². The van der Waals surface area contributed by atoms with Crippen LogP contribution in [-0.4, -0.2) is 21.9 Å². The fourth-order valence-corrected chi connectivity index (χ4v) is 3.34. The molecule has 22 heavy (non-hydrogen) atoms. The summed E-state index contributed by atoms with van der Waals surface area (Å²) >= 11 is 1.42. The third-order valence-electron chi connectivity index (χ3n) is 3.78. The second kappa shape index (κ2) is 5.06. The smallest absolute Gasteiger partial charge is 0.262 e. The zero-order valence-corrected chi connectivity index (χ0v) is 12.4. The summed E-state index contributed by atoms with van der Waals surface area (Å²) in [6, 6.07) is 7.15. The molecule has 0 saturated heterocycles. The molecule has 1 aliphatic heterocycles. The van der Waals surface area contributed by atoms with E-state index in [1.165, 1.54) is 22.2 Å². The molecular weight excluding hydrogens is 300 g/mol. The number of thiophene rings is 1. The van der Waals surface area contributed by atoms with Crippen molar-refractivity contribution in [2.45, 2.75) is 13.0 Å². The van der Waals surface area contributed by atoms with E-state index in [1.54, 1.807) is 12.1 Å². The zero-order valence-electron chi connectivity index (χ0n) is 11.6. The summed E-state index contributed by atoms with van der Waals surface area (Å²) in [5.41, 5.74) is 1.47. The maximum atomic E-state index is 12.4. The molecule has 2 aromatic heterocycles. The van der Waals surface area contributed by atoms with Gasteiger partial charge in [0.05, 0.1) is 24.9 Å². The second-order valence-electron chi connectivity index (χ2n) is 5.16. The van der Waals surface area contributed by atoms with E-state index in [4.69, 9.17) is 4.74 Å². The number of rotatable bonds is 3. The second-order valence-corrected chi connectivity index (χ2v) is 6.06. The maximum absolute atomic E-state index is 12.4. The number of carbonyl (C=O) groups excluding carboxylic acids is 1. The van der Waals surface area contributed by atoms with Gasteiger partial charge in [-0.25, -0.2) is 4.98 Å². The first kappa shape index (κ1) is 13.2. The lowest BCUT2D eigenvalue weighted by atomic mass is 10.1. The lowest BCUT2D eigenvalue weighted by Gasteiger charge is -2.06. The summed E-state index contributed by atoms with van der Waals surface area (Å²) < 4.78 is 6.80. The predicted octanol–water partition coefficient (Wildman–Crippen LogP) is 2.28. The number of ketones is 1. The average Bonchev–Trinajstić information content (AvgIpc) is 3.17. The molecule has 0 amide bonds. The van der Waals surface area contributed by atoms with Gasteiger partial charge in [0, 0.05) is 12.0 Å². The number of nitrogens with zero attached hydrogens (tertiary/aromatic N) is 2.